The molecule has 0 aliphatic rings. The SMILES string of the molecule is CCCCCCC(CCCCC)CN(C)Cc1ccc(CCNC)cc1. The minimum absolute atomic E-state index is 0.873. The molecule has 0 saturated heterocycles. The van der Waals surface area contributed by atoms with Gasteiger partial charge in [-0.05, 0) is 56.9 Å². The first-order chi connectivity index (χ1) is 12.7. The van der Waals surface area contributed by atoms with Gasteiger partial charge in [-0.15, -0.1) is 0 Å². The Balaban J connectivity index is 2.43. The molecule has 1 aromatic carbocycles. The van der Waals surface area contributed by atoms with Crippen LogP contribution in [0.5, 0.6) is 0 Å². The van der Waals surface area contributed by atoms with E-state index in [4.69, 9.17) is 0 Å². The Morgan fingerprint density at radius 2 is 1.42 bits per heavy atom. The summed E-state index contributed by atoms with van der Waals surface area (Å²) >= 11 is 0. The van der Waals surface area contributed by atoms with Gasteiger partial charge < -0.3 is 10.2 Å². The van der Waals surface area contributed by atoms with Gasteiger partial charge in [0.2, 0.25) is 0 Å². The molecule has 0 heterocycles. The van der Waals surface area contributed by atoms with Gasteiger partial charge in [-0.1, -0.05) is 83.1 Å². The van der Waals surface area contributed by atoms with E-state index in [9.17, 15) is 0 Å². The quantitative estimate of drug-likeness (QED) is 0.361. The van der Waals surface area contributed by atoms with Crippen LogP contribution in [0.1, 0.15) is 82.8 Å². The second-order valence-corrected chi connectivity index (χ2v) is 8.08. The van der Waals surface area contributed by atoms with Crippen molar-refractivity contribution in [1.82, 2.24) is 10.2 Å². The molecule has 0 fully saturated rings. The number of rotatable bonds is 16. The third kappa shape index (κ3) is 11.0. The van der Waals surface area contributed by atoms with Gasteiger partial charge in [0, 0.05) is 13.1 Å². The maximum atomic E-state index is 3.22. The lowest BCUT2D eigenvalue weighted by molar-refractivity contribution is 0.244. The predicted molar refractivity (Wildman–Crippen MR) is 117 cm³/mol. The Bertz CT molecular complexity index is 426. The van der Waals surface area contributed by atoms with Gasteiger partial charge in [0.1, 0.15) is 0 Å². The van der Waals surface area contributed by atoms with Crippen molar-refractivity contribution < 1.29 is 0 Å². The molecule has 0 saturated carbocycles. The minimum atomic E-state index is 0.873. The summed E-state index contributed by atoms with van der Waals surface area (Å²) in [5.74, 6) is 0.873. The van der Waals surface area contributed by atoms with Crippen LogP contribution in [0.25, 0.3) is 0 Å². The van der Waals surface area contributed by atoms with Crippen LogP contribution in [-0.2, 0) is 13.0 Å². The fourth-order valence-electron chi connectivity index (χ4n) is 3.77. The number of hydrogen-bond donors (Lipinski definition) is 1. The van der Waals surface area contributed by atoms with Gasteiger partial charge >= 0.3 is 0 Å². The fraction of sp³-hybridized carbons (Fsp3) is 0.750. The van der Waals surface area contributed by atoms with Crippen LogP contribution in [0.4, 0.5) is 0 Å². The number of hydrogen-bond acceptors (Lipinski definition) is 2. The molecule has 1 unspecified atom stereocenters. The number of nitrogens with zero attached hydrogens (tertiary/aromatic N) is 1. The molecule has 0 radical (unpaired) electrons. The highest BCUT2D eigenvalue weighted by molar-refractivity contribution is 5.22. The predicted octanol–water partition coefficient (Wildman–Crippen LogP) is 6.05. The standard InChI is InChI=1S/C24H44N2/c1-5-7-9-11-13-23(12-10-8-6-2)20-26(4)21-24-16-14-22(15-17-24)18-19-25-3/h14-17,23,25H,5-13,18-21H2,1-4H3. The van der Waals surface area contributed by atoms with Crippen molar-refractivity contribution in [3.63, 3.8) is 0 Å². The maximum Gasteiger partial charge on any atom is 0.0230 e. The molecular formula is C24H44N2. The Hall–Kier alpha value is -0.860. The zero-order valence-electron chi connectivity index (χ0n) is 18.0. The minimum Gasteiger partial charge on any atom is -0.319 e. The van der Waals surface area contributed by atoms with Crippen LogP contribution in [-0.4, -0.2) is 32.1 Å². The lowest BCUT2D eigenvalue weighted by Gasteiger charge is -2.24. The van der Waals surface area contributed by atoms with Crippen LogP contribution >= 0.6 is 0 Å². The summed E-state index contributed by atoms with van der Waals surface area (Å²) in [6.45, 7) is 7.98. The summed E-state index contributed by atoms with van der Waals surface area (Å²) in [6, 6.07) is 9.22. The van der Waals surface area contributed by atoms with Crippen molar-refractivity contribution in [1.29, 1.82) is 0 Å². The fourth-order valence-corrected chi connectivity index (χ4v) is 3.77. The van der Waals surface area contributed by atoms with Gasteiger partial charge in [-0.3, -0.25) is 0 Å². The molecule has 1 rings (SSSR count). The first-order valence-corrected chi connectivity index (χ1v) is 11.1. The maximum absolute atomic E-state index is 3.22. The molecule has 1 N–H and O–H groups in total. The van der Waals surface area contributed by atoms with Gasteiger partial charge in [0.05, 0.1) is 0 Å². The smallest absolute Gasteiger partial charge is 0.0230 e. The average Bonchev–Trinajstić information content (AvgIpc) is 2.64. The van der Waals surface area contributed by atoms with Crippen LogP contribution in [0, 0.1) is 5.92 Å². The van der Waals surface area contributed by atoms with Crippen molar-refractivity contribution in [3.8, 4) is 0 Å². The van der Waals surface area contributed by atoms with E-state index in [1.807, 2.05) is 7.05 Å². The molecule has 150 valence electrons. The third-order valence-corrected chi connectivity index (χ3v) is 5.39. The molecule has 0 aliphatic carbocycles. The zero-order valence-corrected chi connectivity index (χ0v) is 18.0. The van der Waals surface area contributed by atoms with Crippen molar-refractivity contribution in [2.75, 3.05) is 27.2 Å². The highest BCUT2D eigenvalue weighted by Gasteiger charge is 2.12. The molecule has 1 atom stereocenters. The Morgan fingerprint density at radius 3 is 2.04 bits per heavy atom. The van der Waals surface area contributed by atoms with Crippen molar-refractivity contribution in [2.24, 2.45) is 5.92 Å². The molecule has 26 heavy (non-hydrogen) atoms. The van der Waals surface area contributed by atoms with Crippen LogP contribution in [0.2, 0.25) is 0 Å². The van der Waals surface area contributed by atoms with E-state index < -0.39 is 0 Å². The molecule has 0 spiro atoms. The van der Waals surface area contributed by atoms with Crippen LogP contribution in [0.15, 0.2) is 24.3 Å². The van der Waals surface area contributed by atoms with Crippen LogP contribution in [0.3, 0.4) is 0 Å². The highest BCUT2D eigenvalue weighted by Crippen LogP contribution is 2.20. The first kappa shape index (κ1) is 23.2. The van der Waals surface area contributed by atoms with Gasteiger partial charge in [0.15, 0.2) is 0 Å². The van der Waals surface area contributed by atoms with E-state index in [0.29, 0.717) is 0 Å². The van der Waals surface area contributed by atoms with Crippen LogP contribution < -0.4 is 5.32 Å². The summed E-state index contributed by atoms with van der Waals surface area (Å²) < 4.78 is 0. The second kappa shape index (κ2) is 15.2. The average molecular weight is 361 g/mol. The molecule has 1 aromatic rings. The van der Waals surface area contributed by atoms with Gasteiger partial charge in [-0.2, -0.15) is 0 Å². The second-order valence-electron chi connectivity index (χ2n) is 8.08. The number of unbranched alkanes of at least 4 members (excludes halogenated alkanes) is 5. The van der Waals surface area contributed by atoms with E-state index in [0.717, 1.165) is 25.4 Å². The van der Waals surface area contributed by atoms with Crippen molar-refractivity contribution in [3.05, 3.63) is 35.4 Å². The van der Waals surface area contributed by atoms with Crippen molar-refractivity contribution in [2.45, 2.75) is 84.6 Å². The van der Waals surface area contributed by atoms with E-state index in [2.05, 4.69) is 55.4 Å². The zero-order chi connectivity index (χ0) is 19.0. The molecular weight excluding hydrogens is 316 g/mol. The van der Waals surface area contributed by atoms with Gasteiger partial charge in [-0.25, -0.2) is 0 Å². The van der Waals surface area contributed by atoms with Crippen molar-refractivity contribution >= 4 is 0 Å². The topological polar surface area (TPSA) is 15.3 Å². The number of likely N-dealkylation sites (N-methyl/N-ethyl adjacent to an activating group) is 1. The monoisotopic (exact) mass is 360 g/mol. The van der Waals surface area contributed by atoms with E-state index >= 15 is 0 Å². The third-order valence-electron chi connectivity index (χ3n) is 5.39. The van der Waals surface area contributed by atoms with E-state index in [1.165, 1.54) is 75.5 Å². The molecule has 2 heteroatoms. The summed E-state index contributed by atoms with van der Waals surface area (Å²) in [6.07, 6.45) is 13.6. The largest absolute Gasteiger partial charge is 0.319 e. The molecule has 0 aromatic heterocycles. The summed E-state index contributed by atoms with van der Waals surface area (Å²) in [4.78, 5) is 2.54. The van der Waals surface area contributed by atoms with Gasteiger partial charge in [0.25, 0.3) is 0 Å². The number of benzene rings is 1. The molecule has 0 bridgehead atoms. The normalized spacial score (nSPS) is 12.7. The lowest BCUT2D eigenvalue weighted by atomic mass is 9.94. The molecule has 0 amide bonds. The highest BCUT2D eigenvalue weighted by atomic mass is 15.1. The Kier molecular flexibility index (Phi) is 13.6. The Labute approximate surface area is 163 Å². The number of nitrogens with one attached hydrogen (secondary N) is 1. The lowest BCUT2D eigenvalue weighted by Crippen LogP contribution is -2.25. The molecule has 0 aliphatic heterocycles. The van der Waals surface area contributed by atoms with E-state index in [1.54, 1.807) is 0 Å². The van der Waals surface area contributed by atoms with E-state index in [-0.39, 0.29) is 0 Å². The first-order valence-electron chi connectivity index (χ1n) is 11.1. The summed E-state index contributed by atoms with van der Waals surface area (Å²) in [7, 11) is 4.32. The summed E-state index contributed by atoms with van der Waals surface area (Å²) in [5.41, 5.74) is 2.87. The Morgan fingerprint density at radius 1 is 0.846 bits per heavy atom. The summed E-state index contributed by atoms with van der Waals surface area (Å²) in [5, 5.41) is 3.22. The molecule has 2 nitrogen and oxygen atoms in total.